The Hall–Kier alpha value is -3.23. The van der Waals surface area contributed by atoms with E-state index in [0.717, 1.165) is 11.1 Å². The number of anilines is 1. The SMILES string of the molecule is COc1ccc(N(CC#Cc2ccccc2)S(=O)(=O)c2ccc(C)cc2)cc1. The third-order valence-corrected chi connectivity index (χ3v) is 5.99. The third-order valence-electron chi connectivity index (χ3n) is 4.20. The molecule has 0 heterocycles. The molecule has 0 saturated carbocycles. The van der Waals surface area contributed by atoms with Crippen LogP contribution in [0, 0.1) is 18.8 Å². The Morgan fingerprint density at radius 3 is 2.14 bits per heavy atom. The maximum atomic E-state index is 13.3. The van der Waals surface area contributed by atoms with Crippen molar-refractivity contribution in [3.63, 3.8) is 0 Å². The Balaban J connectivity index is 1.98. The van der Waals surface area contributed by atoms with E-state index in [2.05, 4.69) is 11.8 Å². The molecule has 3 rings (SSSR count). The zero-order valence-electron chi connectivity index (χ0n) is 15.8. The van der Waals surface area contributed by atoms with Crippen LogP contribution in [0.15, 0.2) is 83.8 Å². The van der Waals surface area contributed by atoms with Gasteiger partial charge in [-0.3, -0.25) is 4.31 Å². The van der Waals surface area contributed by atoms with Crippen LogP contribution in [0.5, 0.6) is 5.75 Å². The highest BCUT2D eigenvalue weighted by atomic mass is 32.2. The molecule has 4 nitrogen and oxygen atoms in total. The van der Waals surface area contributed by atoms with Gasteiger partial charge in [-0.25, -0.2) is 8.42 Å². The second-order valence-corrected chi connectivity index (χ2v) is 8.05. The summed E-state index contributed by atoms with van der Waals surface area (Å²) in [6.45, 7) is 1.96. The first-order valence-corrected chi connectivity index (χ1v) is 10.2. The van der Waals surface area contributed by atoms with E-state index < -0.39 is 10.0 Å². The first-order chi connectivity index (χ1) is 13.5. The quantitative estimate of drug-likeness (QED) is 0.611. The fourth-order valence-electron chi connectivity index (χ4n) is 2.64. The minimum Gasteiger partial charge on any atom is -0.497 e. The lowest BCUT2D eigenvalue weighted by molar-refractivity contribution is 0.415. The number of aryl methyl sites for hydroxylation is 1. The molecule has 3 aromatic rings. The number of hydrogen-bond donors (Lipinski definition) is 0. The van der Waals surface area contributed by atoms with Crippen LogP contribution in [0.2, 0.25) is 0 Å². The summed E-state index contributed by atoms with van der Waals surface area (Å²) in [5, 5.41) is 0. The zero-order chi connectivity index (χ0) is 20.0. The van der Waals surface area contributed by atoms with Gasteiger partial charge in [0.2, 0.25) is 0 Å². The fraction of sp³-hybridized carbons (Fsp3) is 0.130. The van der Waals surface area contributed by atoms with Crippen LogP contribution in [-0.2, 0) is 10.0 Å². The highest BCUT2D eigenvalue weighted by Crippen LogP contribution is 2.25. The molecule has 142 valence electrons. The molecule has 0 aliphatic heterocycles. The largest absolute Gasteiger partial charge is 0.497 e. The van der Waals surface area contributed by atoms with Crippen LogP contribution < -0.4 is 9.04 Å². The average Bonchev–Trinajstić information content (AvgIpc) is 2.72. The van der Waals surface area contributed by atoms with Gasteiger partial charge in [0.15, 0.2) is 0 Å². The number of sulfonamides is 1. The van der Waals surface area contributed by atoms with Gasteiger partial charge < -0.3 is 4.74 Å². The van der Waals surface area contributed by atoms with Crippen molar-refractivity contribution in [3.8, 4) is 17.6 Å². The standard InChI is InChI=1S/C23H21NO3S/c1-19-10-16-23(17-11-19)28(25,26)24(21-12-14-22(27-2)15-13-21)18-6-9-20-7-4-3-5-8-20/h3-5,7-8,10-17H,18H2,1-2H3. The van der Waals surface area contributed by atoms with Crippen LogP contribution in [0.3, 0.4) is 0 Å². The number of ether oxygens (including phenoxy) is 1. The smallest absolute Gasteiger partial charge is 0.265 e. The molecule has 28 heavy (non-hydrogen) atoms. The second kappa shape index (κ2) is 8.64. The Bertz CT molecular complexity index is 1080. The molecule has 0 saturated heterocycles. The van der Waals surface area contributed by atoms with Crippen molar-refractivity contribution in [2.75, 3.05) is 18.0 Å². The van der Waals surface area contributed by atoms with Crippen LogP contribution in [-0.4, -0.2) is 22.1 Å². The van der Waals surface area contributed by atoms with Crippen molar-refractivity contribution in [2.45, 2.75) is 11.8 Å². The molecule has 3 aromatic carbocycles. The zero-order valence-corrected chi connectivity index (χ0v) is 16.6. The highest BCUT2D eigenvalue weighted by Gasteiger charge is 2.24. The van der Waals surface area contributed by atoms with Crippen molar-refractivity contribution in [1.29, 1.82) is 0 Å². The molecule has 0 radical (unpaired) electrons. The number of nitrogens with zero attached hydrogens (tertiary/aromatic N) is 1. The predicted octanol–water partition coefficient (Wildman–Crippen LogP) is 4.25. The molecule has 0 N–H and O–H groups in total. The molecule has 0 atom stereocenters. The number of methoxy groups -OCH3 is 1. The number of hydrogen-bond acceptors (Lipinski definition) is 3. The molecular weight excluding hydrogens is 370 g/mol. The lowest BCUT2D eigenvalue weighted by Crippen LogP contribution is -2.31. The Kier molecular flexibility index (Phi) is 6.03. The van der Waals surface area contributed by atoms with Crippen molar-refractivity contribution >= 4 is 15.7 Å². The molecular formula is C23H21NO3S. The molecule has 0 unspecified atom stereocenters. The molecule has 0 aliphatic rings. The summed E-state index contributed by atoms with van der Waals surface area (Å²) in [5.41, 5.74) is 2.37. The Morgan fingerprint density at radius 1 is 0.893 bits per heavy atom. The Morgan fingerprint density at radius 2 is 1.54 bits per heavy atom. The molecule has 0 aromatic heterocycles. The first-order valence-electron chi connectivity index (χ1n) is 8.78. The van der Waals surface area contributed by atoms with E-state index in [-0.39, 0.29) is 11.4 Å². The summed E-state index contributed by atoms with van der Waals surface area (Å²) in [7, 11) is -2.18. The summed E-state index contributed by atoms with van der Waals surface area (Å²) < 4.78 is 33.0. The Labute approximate surface area is 166 Å². The molecule has 0 aliphatic carbocycles. The van der Waals surface area contributed by atoms with Gasteiger partial charge >= 0.3 is 0 Å². The van der Waals surface area contributed by atoms with Gasteiger partial charge in [-0.15, -0.1) is 0 Å². The lowest BCUT2D eigenvalue weighted by Gasteiger charge is -2.22. The van der Waals surface area contributed by atoms with E-state index >= 15 is 0 Å². The maximum absolute atomic E-state index is 13.3. The highest BCUT2D eigenvalue weighted by molar-refractivity contribution is 7.92. The molecule has 5 heteroatoms. The van der Waals surface area contributed by atoms with Gasteiger partial charge in [-0.1, -0.05) is 47.7 Å². The van der Waals surface area contributed by atoms with E-state index in [0.29, 0.717) is 11.4 Å². The van der Waals surface area contributed by atoms with E-state index in [9.17, 15) is 8.42 Å². The number of rotatable bonds is 5. The van der Waals surface area contributed by atoms with Crippen molar-refractivity contribution in [1.82, 2.24) is 0 Å². The molecule has 0 spiro atoms. The minimum atomic E-state index is -3.75. The van der Waals surface area contributed by atoms with Gasteiger partial charge in [-0.2, -0.15) is 0 Å². The third kappa shape index (κ3) is 4.54. The molecule has 0 bridgehead atoms. The topological polar surface area (TPSA) is 46.6 Å². The monoisotopic (exact) mass is 391 g/mol. The van der Waals surface area contributed by atoms with Gasteiger partial charge in [0.1, 0.15) is 5.75 Å². The van der Waals surface area contributed by atoms with Gasteiger partial charge in [-0.05, 0) is 55.5 Å². The average molecular weight is 391 g/mol. The summed E-state index contributed by atoms with van der Waals surface area (Å²) in [5.74, 6) is 6.66. The van der Waals surface area contributed by atoms with Crippen LogP contribution in [0.1, 0.15) is 11.1 Å². The molecule has 0 fully saturated rings. The summed E-state index contributed by atoms with van der Waals surface area (Å²) in [6, 6.07) is 23.2. The second-order valence-electron chi connectivity index (χ2n) is 6.19. The van der Waals surface area contributed by atoms with E-state index in [1.807, 2.05) is 37.3 Å². The first kappa shape index (κ1) is 19.5. The van der Waals surface area contributed by atoms with Crippen molar-refractivity contribution < 1.29 is 13.2 Å². The van der Waals surface area contributed by atoms with E-state index in [1.54, 1.807) is 55.6 Å². The van der Waals surface area contributed by atoms with Crippen LogP contribution in [0.25, 0.3) is 0 Å². The fourth-order valence-corrected chi connectivity index (χ4v) is 4.00. The normalized spacial score (nSPS) is 10.6. The van der Waals surface area contributed by atoms with Crippen LogP contribution >= 0.6 is 0 Å². The van der Waals surface area contributed by atoms with Crippen molar-refractivity contribution in [2.24, 2.45) is 0 Å². The predicted molar refractivity (Wildman–Crippen MR) is 112 cm³/mol. The van der Waals surface area contributed by atoms with E-state index in [4.69, 9.17) is 4.74 Å². The lowest BCUT2D eigenvalue weighted by atomic mass is 10.2. The van der Waals surface area contributed by atoms with Crippen LogP contribution in [0.4, 0.5) is 5.69 Å². The maximum Gasteiger partial charge on any atom is 0.265 e. The summed E-state index contributed by atoms with van der Waals surface area (Å²) >= 11 is 0. The number of benzene rings is 3. The minimum absolute atomic E-state index is 0.0391. The summed E-state index contributed by atoms with van der Waals surface area (Å²) in [6.07, 6.45) is 0. The van der Waals surface area contributed by atoms with Gasteiger partial charge in [0.05, 0.1) is 24.2 Å². The van der Waals surface area contributed by atoms with Gasteiger partial charge in [0.25, 0.3) is 10.0 Å². The summed E-state index contributed by atoms with van der Waals surface area (Å²) in [4.78, 5) is 0.232. The van der Waals surface area contributed by atoms with E-state index in [1.165, 1.54) is 4.31 Å². The van der Waals surface area contributed by atoms with Crippen molar-refractivity contribution in [3.05, 3.63) is 90.0 Å². The van der Waals surface area contributed by atoms with Gasteiger partial charge in [0, 0.05) is 5.56 Å². The molecule has 0 amide bonds.